The minimum Gasteiger partial charge on any atom is -0.335 e. The van der Waals surface area contributed by atoms with Crippen molar-refractivity contribution in [3.63, 3.8) is 0 Å². The molecule has 3 aliphatic rings. The van der Waals surface area contributed by atoms with Crippen molar-refractivity contribution in [1.29, 1.82) is 0 Å². The third-order valence-corrected chi connectivity index (χ3v) is 6.63. The molecule has 0 spiro atoms. The monoisotopic (exact) mass is 404 g/mol. The first-order valence-corrected chi connectivity index (χ1v) is 10.4. The molecule has 3 aliphatic heterocycles. The summed E-state index contributed by atoms with van der Waals surface area (Å²) >= 11 is 0. The molecule has 0 bridgehead atoms. The number of halogens is 2. The van der Waals surface area contributed by atoms with Gasteiger partial charge < -0.3 is 10.2 Å². The van der Waals surface area contributed by atoms with Gasteiger partial charge in [-0.15, -0.1) is 5.10 Å². The van der Waals surface area contributed by atoms with Gasteiger partial charge in [-0.2, -0.15) is 0 Å². The van der Waals surface area contributed by atoms with Crippen LogP contribution in [0.1, 0.15) is 31.7 Å². The van der Waals surface area contributed by atoms with Gasteiger partial charge in [0.2, 0.25) is 5.91 Å². The quantitative estimate of drug-likeness (QED) is 0.843. The molecule has 29 heavy (non-hydrogen) atoms. The van der Waals surface area contributed by atoms with Crippen LogP contribution in [0.15, 0.2) is 24.3 Å². The Hall–Kier alpha value is -2.13. The summed E-state index contributed by atoms with van der Waals surface area (Å²) in [7, 11) is 0. The topological polar surface area (TPSA) is 66.3 Å². The Labute approximate surface area is 168 Å². The van der Waals surface area contributed by atoms with Crippen molar-refractivity contribution < 1.29 is 13.6 Å². The third-order valence-electron chi connectivity index (χ3n) is 6.63. The normalized spacial score (nSPS) is 28.4. The largest absolute Gasteiger partial charge is 0.335 e. The summed E-state index contributed by atoms with van der Waals surface area (Å²) in [5.41, 5.74) is 1.99. The zero-order chi connectivity index (χ0) is 20.0. The Morgan fingerprint density at radius 1 is 1.14 bits per heavy atom. The first-order chi connectivity index (χ1) is 14.0. The number of rotatable bonds is 3. The van der Waals surface area contributed by atoms with Crippen LogP contribution in [0.2, 0.25) is 0 Å². The van der Waals surface area contributed by atoms with E-state index in [0.29, 0.717) is 12.5 Å². The molecule has 3 fully saturated rings. The lowest BCUT2D eigenvalue weighted by Gasteiger charge is -2.35. The first-order valence-electron chi connectivity index (χ1n) is 10.4. The Morgan fingerprint density at radius 3 is 2.69 bits per heavy atom. The van der Waals surface area contributed by atoms with Gasteiger partial charge >= 0.3 is 0 Å². The van der Waals surface area contributed by atoms with Crippen molar-refractivity contribution in [3.05, 3.63) is 24.3 Å². The Morgan fingerprint density at radius 2 is 1.93 bits per heavy atom. The van der Waals surface area contributed by atoms with Crippen molar-refractivity contribution in [2.75, 3.05) is 32.7 Å². The number of para-hydroxylation sites is 1. The van der Waals surface area contributed by atoms with Crippen LogP contribution in [-0.4, -0.2) is 81.4 Å². The number of carbonyl (C=O) groups is 1. The molecule has 2 atom stereocenters. The van der Waals surface area contributed by atoms with Gasteiger partial charge in [0.25, 0.3) is 5.92 Å². The van der Waals surface area contributed by atoms with Crippen LogP contribution in [0.3, 0.4) is 0 Å². The molecule has 156 valence electrons. The Balaban J connectivity index is 1.16. The van der Waals surface area contributed by atoms with E-state index in [1.54, 1.807) is 0 Å². The van der Waals surface area contributed by atoms with Crippen LogP contribution in [0.25, 0.3) is 11.0 Å². The number of aromatic nitrogens is 3. The Kier molecular flexibility index (Phi) is 4.74. The molecule has 1 N–H and O–H groups in total. The molecular formula is C20H26F2N6O. The number of nitrogens with one attached hydrogen (secondary N) is 1. The maximum Gasteiger partial charge on any atom is 0.267 e. The summed E-state index contributed by atoms with van der Waals surface area (Å²) in [6, 6.07) is 8.28. The fourth-order valence-electron chi connectivity index (χ4n) is 4.98. The summed E-state index contributed by atoms with van der Waals surface area (Å²) in [6.45, 7) is 2.33. The fourth-order valence-corrected chi connectivity index (χ4v) is 4.98. The van der Waals surface area contributed by atoms with E-state index < -0.39 is 12.5 Å². The van der Waals surface area contributed by atoms with Crippen LogP contribution in [-0.2, 0) is 4.79 Å². The smallest absolute Gasteiger partial charge is 0.267 e. The lowest BCUT2D eigenvalue weighted by atomic mass is 10.0. The molecule has 0 saturated carbocycles. The molecule has 9 heteroatoms. The minimum absolute atomic E-state index is 0.159. The second kappa shape index (κ2) is 7.28. The number of amides is 1. The molecule has 5 rings (SSSR count). The molecule has 7 nitrogen and oxygen atoms in total. The predicted molar refractivity (Wildman–Crippen MR) is 104 cm³/mol. The highest BCUT2D eigenvalue weighted by atomic mass is 19.3. The second-order valence-corrected chi connectivity index (χ2v) is 8.51. The summed E-state index contributed by atoms with van der Waals surface area (Å²) in [5.74, 6) is -2.91. The van der Waals surface area contributed by atoms with Crippen molar-refractivity contribution in [2.45, 2.75) is 49.7 Å². The highest BCUT2D eigenvalue weighted by Crippen LogP contribution is 2.30. The third kappa shape index (κ3) is 3.61. The van der Waals surface area contributed by atoms with E-state index in [0.717, 1.165) is 43.5 Å². The molecule has 2 aromatic rings. The van der Waals surface area contributed by atoms with Crippen LogP contribution >= 0.6 is 0 Å². The maximum absolute atomic E-state index is 13.4. The number of nitrogens with zero attached hydrogens (tertiary/aromatic N) is 5. The number of benzene rings is 1. The summed E-state index contributed by atoms with van der Waals surface area (Å²) in [4.78, 5) is 16.3. The SMILES string of the molecule is O=C([C@@H]1C[C@H](N2CCC(n3nnc4ccccc43)CC2)CN1)N1CCC(F)(F)C1. The van der Waals surface area contributed by atoms with Crippen LogP contribution in [0, 0.1) is 0 Å². The van der Waals surface area contributed by atoms with E-state index in [9.17, 15) is 13.6 Å². The zero-order valence-electron chi connectivity index (χ0n) is 16.3. The number of hydrogen-bond acceptors (Lipinski definition) is 5. The number of carbonyl (C=O) groups excluding carboxylic acids is 1. The van der Waals surface area contributed by atoms with Crippen molar-refractivity contribution in [2.24, 2.45) is 0 Å². The molecule has 1 aromatic carbocycles. The molecule has 0 aliphatic carbocycles. The minimum atomic E-state index is -2.74. The van der Waals surface area contributed by atoms with E-state index in [4.69, 9.17) is 0 Å². The van der Waals surface area contributed by atoms with Crippen molar-refractivity contribution in [3.8, 4) is 0 Å². The lowest BCUT2D eigenvalue weighted by molar-refractivity contribution is -0.133. The molecule has 0 radical (unpaired) electrons. The fraction of sp³-hybridized carbons (Fsp3) is 0.650. The van der Waals surface area contributed by atoms with Gasteiger partial charge in [-0.3, -0.25) is 9.69 Å². The molecule has 0 unspecified atom stereocenters. The number of fused-ring (bicyclic) bond motifs is 1. The van der Waals surface area contributed by atoms with Crippen LogP contribution in [0.4, 0.5) is 8.78 Å². The summed E-state index contributed by atoms with van der Waals surface area (Å²) in [6.07, 6.45) is 2.44. The van der Waals surface area contributed by atoms with Crippen LogP contribution < -0.4 is 5.32 Å². The first kappa shape index (κ1) is 18.9. The highest BCUT2D eigenvalue weighted by molar-refractivity contribution is 5.82. The summed E-state index contributed by atoms with van der Waals surface area (Å²) < 4.78 is 28.9. The molecule has 3 saturated heterocycles. The Bertz CT molecular complexity index is 894. The van der Waals surface area contributed by atoms with Gasteiger partial charge in [-0.05, 0) is 31.4 Å². The molecule has 1 amide bonds. The standard InChI is InChI=1S/C20H26F2N6O/c21-20(22)7-10-27(13-20)19(29)17-11-15(12-23-17)26-8-5-14(6-9-26)28-18-4-2-1-3-16(18)24-25-28/h1-4,14-15,17,23H,5-13H2/t15-,17-/m0/s1. The molecule has 1 aromatic heterocycles. The highest BCUT2D eigenvalue weighted by Gasteiger charge is 2.44. The molecular weight excluding hydrogens is 378 g/mol. The van der Waals surface area contributed by atoms with Gasteiger partial charge in [0, 0.05) is 38.6 Å². The van der Waals surface area contributed by atoms with E-state index >= 15 is 0 Å². The van der Waals surface area contributed by atoms with E-state index in [2.05, 4.69) is 26.6 Å². The van der Waals surface area contributed by atoms with Crippen molar-refractivity contribution in [1.82, 2.24) is 30.1 Å². The second-order valence-electron chi connectivity index (χ2n) is 8.51. The number of likely N-dealkylation sites (tertiary alicyclic amines) is 2. The van der Waals surface area contributed by atoms with Gasteiger partial charge in [-0.1, -0.05) is 17.3 Å². The van der Waals surface area contributed by atoms with Crippen molar-refractivity contribution >= 4 is 16.9 Å². The average molecular weight is 404 g/mol. The van der Waals surface area contributed by atoms with Gasteiger partial charge in [-0.25, -0.2) is 13.5 Å². The van der Waals surface area contributed by atoms with E-state index in [1.165, 1.54) is 4.90 Å². The lowest BCUT2D eigenvalue weighted by Crippen LogP contribution is -2.43. The van der Waals surface area contributed by atoms with E-state index in [1.807, 2.05) is 22.9 Å². The van der Waals surface area contributed by atoms with Gasteiger partial charge in [0.15, 0.2) is 0 Å². The van der Waals surface area contributed by atoms with Gasteiger partial charge in [0.1, 0.15) is 5.52 Å². The zero-order valence-corrected chi connectivity index (χ0v) is 16.3. The number of piperidine rings is 1. The number of alkyl halides is 2. The summed E-state index contributed by atoms with van der Waals surface area (Å²) in [5, 5.41) is 11.9. The van der Waals surface area contributed by atoms with Gasteiger partial charge in [0.05, 0.1) is 24.1 Å². The van der Waals surface area contributed by atoms with Crippen LogP contribution in [0.5, 0.6) is 0 Å². The average Bonchev–Trinajstić information content (AvgIpc) is 3.45. The predicted octanol–water partition coefficient (Wildman–Crippen LogP) is 1.67. The number of hydrogen-bond donors (Lipinski definition) is 1. The maximum atomic E-state index is 13.4. The van der Waals surface area contributed by atoms with E-state index in [-0.39, 0.29) is 31.0 Å². The molecule has 4 heterocycles.